The Morgan fingerprint density at radius 2 is 2.12 bits per heavy atom. The molecule has 0 aliphatic heterocycles. The van der Waals surface area contributed by atoms with E-state index in [1.165, 1.54) is 52.4 Å². The van der Waals surface area contributed by atoms with E-state index in [0.29, 0.717) is 0 Å². The molecule has 1 heterocycles. The fraction of sp³-hybridized carbons (Fsp3) is 0.500. The van der Waals surface area contributed by atoms with E-state index in [2.05, 4.69) is 46.8 Å². The minimum atomic E-state index is 0.792. The van der Waals surface area contributed by atoms with Crippen LogP contribution in [-0.2, 0) is 25.8 Å². The van der Waals surface area contributed by atoms with Crippen LogP contribution < -0.4 is 10.6 Å². The molecule has 0 spiro atoms. The molecule has 1 aromatic carbocycles. The number of aryl methyl sites for hydroxylation is 4. The molecule has 0 radical (unpaired) electrons. The van der Waals surface area contributed by atoms with E-state index in [4.69, 9.17) is 4.98 Å². The third-order valence-corrected chi connectivity index (χ3v) is 5.73. The number of guanidine groups is 1. The highest BCUT2D eigenvalue weighted by molar-refractivity contribution is 7.11. The highest BCUT2D eigenvalue weighted by atomic mass is 32.1. The maximum atomic E-state index is 4.82. The second kappa shape index (κ2) is 8.99. The lowest BCUT2D eigenvalue weighted by Crippen LogP contribution is -2.37. The monoisotopic (exact) mass is 356 g/mol. The Balaban J connectivity index is 1.39. The molecular formula is C20H28N4S. The molecule has 1 aromatic heterocycles. The number of hydrogen-bond donors (Lipinski definition) is 2. The number of aromatic nitrogens is 1. The molecule has 3 rings (SSSR count). The van der Waals surface area contributed by atoms with Gasteiger partial charge >= 0.3 is 0 Å². The molecule has 25 heavy (non-hydrogen) atoms. The van der Waals surface area contributed by atoms with Crippen molar-refractivity contribution >= 4 is 17.3 Å². The molecule has 0 atom stereocenters. The van der Waals surface area contributed by atoms with Gasteiger partial charge in [-0.3, -0.25) is 4.99 Å². The molecule has 0 fully saturated rings. The first kappa shape index (κ1) is 17.9. The topological polar surface area (TPSA) is 49.3 Å². The highest BCUT2D eigenvalue weighted by Gasteiger charge is 2.14. The first-order valence-electron chi connectivity index (χ1n) is 9.22. The fourth-order valence-corrected chi connectivity index (χ4v) is 4.39. The summed E-state index contributed by atoms with van der Waals surface area (Å²) in [4.78, 5) is 10.7. The van der Waals surface area contributed by atoms with Crippen molar-refractivity contribution in [3.8, 4) is 0 Å². The van der Waals surface area contributed by atoms with Gasteiger partial charge < -0.3 is 10.6 Å². The zero-order chi connectivity index (χ0) is 17.5. The fourth-order valence-electron chi connectivity index (χ4n) is 3.19. The number of fused-ring (bicyclic) bond motifs is 1. The number of thiazole rings is 1. The molecule has 2 N–H and O–H groups in total. The molecule has 134 valence electrons. The second-order valence-electron chi connectivity index (χ2n) is 6.63. The Bertz CT molecular complexity index is 697. The smallest absolute Gasteiger partial charge is 0.191 e. The molecule has 0 saturated heterocycles. The number of rotatable bonds is 6. The van der Waals surface area contributed by atoms with Gasteiger partial charge in [-0.05, 0) is 44.6 Å². The first-order chi connectivity index (χ1) is 12.2. The van der Waals surface area contributed by atoms with Gasteiger partial charge in [-0.25, -0.2) is 4.98 Å². The van der Waals surface area contributed by atoms with E-state index >= 15 is 0 Å². The van der Waals surface area contributed by atoms with E-state index in [1.54, 1.807) is 0 Å². The van der Waals surface area contributed by atoms with Crippen molar-refractivity contribution in [1.29, 1.82) is 0 Å². The van der Waals surface area contributed by atoms with Crippen molar-refractivity contribution in [2.75, 3.05) is 13.6 Å². The summed E-state index contributed by atoms with van der Waals surface area (Å²) >= 11 is 1.92. The van der Waals surface area contributed by atoms with Crippen molar-refractivity contribution in [3.63, 3.8) is 0 Å². The van der Waals surface area contributed by atoms with Gasteiger partial charge in [0.05, 0.1) is 10.7 Å². The molecule has 0 amide bonds. The Morgan fingerprint density at radius 1 is 1.24 bits per heavy atom. The number of benzene rings is 1. The maximum absolute atomic E-state index is 4.82. The summed E-state index contributed by atoms with van der Waals surface area (Å²) in [5.41, 5.74) is 3.93. The minimum Gasteiger partial charge on any atom is -0.356 e. The average molecular weight is 357 g/mol. The van der Waals surface area contributed by atoms with Crippen molar-refractivity contribution in [2.45, 2.75) is 52.0 Å². The Morgan fingerprint density at radius 3 is 2.92 bits per heavy atom. The van der Waals surface area contributed by atoms with Gasteiger partial charge in [0, 0.05) is 31.4 Å². The summed E-state index contributed by atoms with van der Waals surface area (Å²) in [6.45, 7) is 3.82. The molecule has 1 aliphatic carbocycles. The number of hydrogen-bond acceptors (Lipinski definition) is 3. The molecule has 4 nitrogen and oxygen atoms in total. The van der Waals surface area contributed by atoms with Crippen LogP contribution in [0.4, 0.5) is 0 Å². The lowest BCUT2D eigenvalue weighted by Gasteiger charge is -2.12. The van der Waals surface area contributed by atoms with E-state index in [0.717, 1.165) is 31.9 Å². The van der Waals surface area contributed by atoms with Gasteiger partial charge in [0.25, 0.3) is 0 Å². The summed E-state index contributed by atoms with van der Waals surface area (Å²) in [5, 5.41) is 8.08. The van der Waals surface area contributed by atoms with Crippen LogP contribution in [0.25, 0.3) is 0 Å². The minimum absolute atomic E-state index is 0.792. The van der Waals surface area contributed by atoms with Crippen molar-refractivity contribution < 1.29 is 0 Å². The third kappa shape index (κ3) is 5.30. The van der Waals surface area contributed by atoms with Crippen LogP contribution in [0.5, 0.6) is 0 Å². The predicted molar refractivity (Wildman–Crippen MR) is 106 cm³/mol. The van der Waals surface area contributed by atoms with Crippen LogP contribution in [0.3, 0.4) is 0 Å². The number of aliphatic imine (C=N–C) groups is 1. The first-order valence-corrected chi connectivity index (χ1v) is 10.0. The highest BCUT2D eigenvalue weighted by Crippen LogP contribution is 2.27. The van der Waals surface area contributed by atoms with Crippen molar-refractivity contribution in [1.82, 2.24) is 15.6 Å². The summed E-state index contributed by atoms with van der Waals surface area (Å²) < 4.78 is 0. The van der Waals surface area contributed by atoms with Gasteiger partial charge in [0.2, 0.25) is 0 Å². The zero-order valence-corrected chi connectivity index (χ0v) is 16.1. The quantitative estimate of drug-likeness (QED) is 0.472. The van der Waals surface area contributed by atoms with E-state index in [9.17, 15) is 0 Å². The summed E-state index contributed by atoms with van der Waals surface area (Å²) in [5.74, 6) is 0.861. The molecular weight excluding hydrogens is 328 g/mol. The predicted octanol–water partition coefficient (Wildman–Crippen LogP) is 3.63. The van der Waals surface area contributed by atoms with Crippen LogP contribution in [0, 0.1) is 6.92 Å². The summed E-state index contributed by atoms with van der Waals surface area (Å²) in [7, 11) is 1.82. The van der Waals surface area contributed by atoms with Gasteiger partial charge in [0.15, 0.2) is 5.96 Å². The maximum Gasteiger partial charge on any atom is 0.191 e. The summed E-state index contributed by atoms with van der Waals surface area (Å²) in [6.07, 6.45) is 7.19. The van der Waals surface area contributed by atoms with Gasteiger partial charge in [-0.15, -0.1) is 11.3 Å². The van der Waals surface area contributed by atoms with Crippen LogP contribution in [-0.4, -0.2) is 24.5 Å². The molecule has 0 bridgehead atoms. The van der Waals surface area contributed by atoms with E-state index < -0.39 is 0 Å². The average Bonchev–Trinajstić information content (AvgIpc) is 3.04. The van der Waals surface area contributed by atoms with Crippen molar-refractivity contribution in [2.24, 2.45) is 4.99 Å². The van der Waals surface area contributed by atoms with E-state index in [1.807, 2.05) is 18.4 Å². The molecule has 5 heteroatoms. The van der Waals surface area contributed by atoms with Crippen molar-refractivity contribution in [3.05, 3.63) is 51.0 Å². The van der Waals surface area contributed by atoms with E-state index in [-0.39, 0.29) is 0 Å². The van der Waals surface area contributed by atoms with Gasteiger partial charge in [0.1, 0.15) is 0 Å². The van der Waals surface area contributed by atoms with Crippen LogP contribution in [0.2, 0.25) is 0 Å². The molecule has 0 saturated carbocycles. The van der Waals surface area contributed by atoms with Crippen LogP contribution in [0.1, 0.15) is 46.0 Å². The van der Waals surface area contributed by atoms with Crippen LogP contribution in [0.15, 0.2) is 29.3 Å². The SMILES string of the molecule is CN=C(NCCCc1nc2c(s1)CCCC2)NCc1cccc(C)c1. The third-order valence-electron chi connectivity index (χ3n) is 4.52. The lowest BCUT2D eigenvalue weighted by molar-refractivity contribution is 0.678. The normalized spacial score (nSPS) is 14.2. The Hall–Kier alpha value is -1.88. The standard InChI is InChI=1S/C20H28N4S/c1-15-7-5-8-16(13-15)14-23-20(21-2)22-12-6-11-19-24-17-9-3-4-10-18(17)25-19/h5,7-8,13H,3-4,6,9-12,14H2,1-2H3,(H2,21,22,23). The lowest BCUT2D eigenvalue weighted by atomic mass is 10.0. The number of nitrogens with one attached hydrogen (secondary N) is 2. The Kier molecular flexibility index (Phi) is 6.45. The zero-order valence-electron chi connectivity index (χ0n) is 15.3. The molecule has 2 aromatic rings. The summed E-state index contributed by atoms with van der Waals surface area (Å²) in [6, 6.07) is 8.55. The second-order valence-corrected chi connectivity index (χ2v) is 7.80. The molecule has 1 aliphatic rings. The number of nitrogens with zero attached hydrogens (tertiary/aromatic N) is 2. The van der Waals surface area contributed by atoms with Gasteiger partial charge in [-0.1, -0.05) is 29.8 Å². The van der Waals surface area contributed by atoms with Gasteiger partial charge in [-0.2, -0.15) is 0 Å². The Labute approximate surface area is 154 Å². The largest absolute Gasteiger partial charge is 0.356 e. The molecule has 0 unspecified atom stereocenters. The van der Waals surface area contributed by atoms with Crippen LogP contribution >= 0.6 is 11.3 Å².